The average Bonchev–Trinajstić information content (AvgIpc) is 2.86. The Kier molecular flexibility index (Phi) is 10.6. The van der Waals surface area contributed by atoms with Crippen LogP contribution in [-0.4, -0.2) is 33.8 Å². The number of aromatic hydroxyl groups is 1. The molecule has 0 aliphatic carbocycles. The lowest BCUT2D eigenvalue weighted by Gasteiger charge is -2.18. The summed E-state index contributed by atoms with van der Waals surface area (Å²) >= 11 is 12.3. The largest absolute Gasteiger partial charge is 0.508 e. The number of carbonyl (C=O) groups excluding carboxylic acids is 1. The minimum atomic E-state index is -0.760. The molecule has 3 aromatic carbocycles. The molecule has 2 atom stereocenters. The van der Waals surface area contributed by atoms with E-state index < -0.39 is 6.10 Å². The van der Waals surface area contributed by atoms with E-state index in [4.69, 9.17) is 23.2 Å². The van der Waals surface area contributed by atoms with Crippen molar-refractivity contribution in [3.8, 4) is 5.75 Å². The summed E-state index contributed by atoms with van der Waals surface area (Å²) in [7, 11) is 0. The second-order valence-corrected chi connectivity index (χ2v) is 9.69. The molecule has 0 spiro atoms. The SMILES string of the molecule is C[C@H](Cc1cccc(CCC(=O)NCc2c(Cl)cccc2Cl)c1)NC[C@@H](O)c1ccc(O)c(CO)c1. The topological polar surface area (TPSA) is 102 Å². The van der Waals surface area contributed by atoms with Gasteiger partial charge in [0, 0.05) is 46.7 Å². The fourth-order valence-corrected chi connectivity index (χ4v) is 4.47. The summed E-state index contributed by atoms with van der Waals surface area (Å²) in [5.41, 5.74) is 3.94. The van der Waals surface area contributed by atoms with Gasteiger partial charge in [0.25, 0.3) is 0 Å². The third-order valence-electron chi connectivity index (χ3n) is 6.02. The molecule has 8 heteroatoms. The van der Waals surface area contributed by atoms with Crippen LogP contribution < -0.4 is 10.6 Å². The van der Waals surface area contributed by atoms with Crippen LogP contribution in [0, 0.1) is 0 Å². The second kappa shape index (κ2) is 13.6. The van der Waals surface area contributed by atoms with Gasteiger partial charge in [-0.1, -0.05) is 59.6 Å². The molecule has 0 bridgehead atoms. The molecule has 0 aromatic heterocycles. The van der Waals surface area contributed by atoms with E-state index in [1.165, 1.54) is 6.07 Å². The summed E-state index contributed by atoms with van der Waals surface area (Å²) in [5.74, 6) is -0.0591. The highest BCUT2D eigenvalue weighted by molar-refractivity contribution is 6.36. The second-order valence-electron chi connectivity index (χ2n) is 8.87. The van der Waals surface area contributed by atoms with Crippen LogP contribution in [0.4, 0.5) is 0 Å². The van der Waals surface area contributed by atoms with E-state index in [2.05, 4.69) is 16.7 Å². The van der Waals surface area contributed by atoms with Crippen molar-refractivity contribution in [1.82, 2.24) is 10.6 Å². The van der Waals surface area contributed by atoms with Crippen molar-refractivity contribution in [2.24, 2.45) is 0 Å². The van der Waals surface area contributed by atoms with Gasteiger partial charge in [-0.15, -0.1) is 0 Å². The van der Waals surface area contributed by atoms with Crippen LogP contribution in [0.5, 0.6) is 5.75 Å². The third-order valence-corrected chi connectivity index (χ3v) is 6.72. The molecule has 0 saturated carbocycles. The number of hydrogen-bond donors (Lipinski definition) is 5. The minimum Gasteiger partial charge on any atom is -0.508 e. The zero-order chi connectivity index (χ0) is 26.1. The third kappa shape index (κ3) is 8.22. The van der Waals surface area contributed by atoms with Crippen LogP contribution >= 0.6 is 23.2 Å². The van der Waals surface area contributed by atoms with Gasteiger partial charge in [-0.05, 0) is 60.7 Å². The number of rotatable bonds is 12. The van der Waals surface area contributed by atoms with Crippen LogP contribution in [0.15, 0.2) is 60.7 Å². The fourth-order valence-electron chi connectivity index (χ4n) is 3.94. The fraction of sp³-hybridized carbons (Fsp3) is 0.321. The highest BCUT2D eigenvalue weighted by atomic mass is 35.5. The molecule has 0 radical (unpaired) electrons. The van der Waals surface area contributed by atoms with Gasteiger partial charge in [-0.25, -0.2) is 0 Å². The molecule has 36 heavy (non-hydrogen) atoms. The maximum atomic E-state index is 12.3. The minimum absolute atomic E-state index is 0.0112. The first-order chi connectivity index (χ1) is 17.3. The Morgan fingerprint density at radius 1 is 1.00 bits per heavy atom. The van der Waals surface area contributed by atoms with Gasteiger partial charge in [0.1, 0.15) is 5.75 Å². The first-order valence-electron chi connectivity index (χ1n) is 11.9. The predicted molar refractivity (Wildman–Crippen MR) is 143 cm³/mol. The van der Waals surface area contributed by atoms with Crippen LogP contribution in [0.2, 0.25) is 10.0 Å². The zero-order valence-electron chi connectivity index (χ0n) is 20.2. The quantitative estimate of drug-likeness (QED) is 0.233. The molecule has 0 unspecified atom stereocenters. The highest BCUT2D eigenvalue weighted by Gasteiger charge is 2.13. The Hall–Kier alpha value is -2.61. The Morgan fingerprint density at radius 2 is 1.69 bits per heavy atom. The molecule has 0 aliphatic heterocycles. The molecule has 0 fully saturated rings. The maximum absolute atomic E-state index is 12.3. The molecule has 192 valence electrons. The molecule has 0 aliphatic rings. The normalized spacial score (nSPS) is 12.8. The van der Waals surface area contributed by atoms with E-state index in [-0.39, 0.29) is 30.9 Å². The Balaban J connectivity index is 1.45. The average molecular weight is 531 g/mol. The Bertz CT molecular complexity index is 1150. The van der Waals surface area contributed by atoms with Crippen molar-refractivity contribution in [3.05, 3.63) is 98.5 Å². The summed E-state index contributed by atoms with van der Waals surface area (Å²) in [6.07, 6.45) is 0.970. The summed E-state index contributed by atoms with van der Waals surface area (Å²) in [6, 6.07) is 18.2. The first-order valence-corrected chi connectivity index (χ1v) is 12.6. The van der Waals surface area contributed by atoms with Gasteiger partial charge in [0.15, 0.2) is 0 Å². The van der Waals surface area contributed by atoms with Gasteiger partial charge in [-0.2, -0.15) is 0 Å². The van der Waals surface area contributed by atoms with Gasteiger partial charge in [0.2, 0.25) is 5.91 Å². The van der Waals surface area contributed by atoms with Crippen LogP contribution in [0.3, 0.4) is 0 Å². The molecule has 0 saturated heterocycles. The number of hydrogen-bond acceptors (Lipinski definition) is 5. The number of carbonyl (C=O) groups is 1. The van der Waals surface area contributed by atoms with E-state index >= 15 is 0 Å². The molecular weight excluding hydrogens is 499 g/mol. The number of phenols is 1. The van der Waals surface area contributed by atoms with Crippen molar-refractivity contribution >= 4 is 29.1 Å². The van der Waals surface area contributed by atoms with Gasteiger partial charge in [0.05, 0.1) is 12.7 Å². The van der Waals surface area contributed by atoms with E-state index in [1.807, 2.05) is 25.1 Å². The van der Waals surface area contributed by atoms with E-state index in [0.717, 1.165) is 17.5 Å². The Morgan fingerprint density at radius 3 is 2.42 bits per heavy atom. The maximum Gasteiger partial charge on any atom is 0.220 e. The van der Waals surface area contributed by atoms with E-state index in [1.54, 1.807) is 30.3 Å². The highest BCUT2D eigenvalue weighted by Crippen LogP contribution is 2.24. The zero-order valence-corrected chi connectivity index (χ0v) is 21.7. The molecule has 3 aromatic rings. The van der Waals surface area contributed by atoms with Gasteiger partial charge in [-0.3, -0.25) is 4.79 Å². The smallest absolute Gasteiger partial charge is 0.220 e. The molecular formula is C28H32Cl2N2O4. The van der Waals surface area contributed by atoms with E-state index in [0.29, 0.717) is 46.1 Å². The lowest BCUT2D eigenvalue weighted by molar-refractivity contribution is -0.121. The summed E-state index contributed by atoms with van der Waals surface area (Å²) in [5, 5.41) is 36.8. The number of amides is 1. The van der Waals surface area contributed by atoms with Gasteiger partial charge < -0.3 is 26.0 Å². The standard InChI is InChI=1S/C28H32Cl2N2O4/c1-18(31-16-27(35)21-9-10-26(34)22(14-21)17-33)12-20-5-2-4-19(13-20)8-11-28(36)32-15-23-24(29)6-3-7-25(23)30/h2-7,9-10,13-14,18,27,31,33-35H,8,11-12,15-17H2,1H3,(H,32,36)/t18-,27-/m1/s1. The lowest BCUT2D eigenvalue weighted by atomic mass is 10.0. The number of aliphatic hydroxyl groups is 2. The summed E-state index contributed by atoms with van der Waals surface area (Å²) < 4.78 is 0. The van der Waals surface area contributed by atoms with Crippen molar-refractivity contribution < 1.29 is 20.1 Å². The number of aliphatic hydroxyl groups excluding tert-OH is 2. The number of aryl methyl sites for hydroxylation is 1. The van der Waals surface area contributed by atoms with Crippen molar-refractivity contribution in [1.29, 1.82) is 0 Å². The first kappa shape index (κ1) is 28.0. The van der Waals surface area contributed by atoms with Crippen LogP contribution in [0.25, 0.3) is 0 Å². The van der Waals surface area contributed by atoms with Crippen LogP contribution in [-0.2, 0) is 30.8 Å². The summed E-state index contributed by atoms with van der Waals surface area (Å²) in [6.45, 7) is 2.39. The lowest BCUT2D eigenvalue weighted by Crippen LogP contribution is -2.32. The number of nitrogens with one attached hydrogen (secondary N) is 2. The summed E-state index contributed by atoms with van der Waals surface area (Å²) in [4.78, 5) is 12.3. The van der Waals surface area contributed by atoms with E-state index in [9.17, 15) is 20.1 Å². The Labute approximate surface area is 221 Å². The molecule has 5 N–H and O–H groups in total. The molecule has 0 heterocycles. The van der Waals surface area contributed by atoms with Crippen molar-refractivity contribution in [2.45, 2.75) is 51.5 Å². The van der Waals surface area contributed by atoms with Crippen molar-refractivity contribution in [2.75, 3.05) is 6.54 Å². The monoisotopic (exact) mass is 530 g/mol. The molecule has 3 rings (SSSR count). The van der Waals surface area contributed by atoms with Crippen LogP contribution in [0.1, 0.15) is 47.3 Å². The number of benzene rings is 3. The predicted octanol–water partition coefficient (Wildman–Crippen LogP) is 4.69. The molecule has 1 amide bonds. The van der Waals surface area contributed by atoms with Gasteiger partial charge >= 0.3 is 0 Å². The number of halogens is 2. The molecule has 6 nitrogen and oxygen atoms in total. The van der Waals surface area contributed by atoms with Crippen molar-refractivity contribution in [3.63, 3.8) is 0 Å².